The van der Waals surface area contributed by atoms with Gasteiger partial charge in [0.1, 0.15) is 0 Å². The predicted octanol–water partition coefficient (Wildman–Crippen LogP) is 1.01. The van der Waals surface area contributed by atoms with Crippen LogP contribution in [-0.2, 0) is 7.05 Å². The monoisotopic (exact) mass is 177 g/mol. The molecule has 1 aromatic rings. The summed E-state index contributed by atoms with van der Waals surface area (Å²) in [7, 11) is 3.84. The molecule has 1 rings (SSSR count). The lowest BCUT2D eigenvalue weighted by Gasteiger charge is -2.12. The maximum Gasteiger partial charge on any atom is 0.0540 e. The Kier molecular flexibility index (Phi) is 3.10. The largest absolute Gasteiger partial charge is 0.312 e. The van der Waals surface area contributed by atoms with E-state index in [1.165, 1.54) is 5.56 Å². The zero-order chi connectivity index (χ0) is 9.84. The van der Waals surface area contributed by atoms with Crippen molar-refractivity contribution in [3.05, 3.63) is 17.5 Å². The molecule has 0 fully saturated rings. The van der Waals surface area contributed by atoms with Crippen LogP contribution in [0.25, 0.3) is 0 Å². The van der Waals surface area contributed by atoms with E-state index >= 15 is 0 Å². The summed E-state index contributed by atoms with van der Waals surface area (Å²) in [5.41, 5.74) is 2.34. The van der Waals surface area contributed by atoms with E-state index in [4.69, 9.17) is 6.42 Å². The van der Waals surface area contributed by atoms with Gasteiger partial charge in [-0.1, -0.05) is 0 Å². The van der Waals surface area contributed by atoms with Gasteiger partial charge in [0, 0.05) is 30.8 Å². The Morgan fingerprint density at radius 3 is 2.85 bits per heavy atom. The standard InChI is InChI=1S/C10H15N3/c1-5-6-10(11-3)9-7-12-13(4)8(9)2/h1,7,10-11H,6H2,2-4H3. The number of nitrogens with one attached hydrogen (secondary N) is 1. The van der Waals surface area contributed by atoms with Crippen molar-refractivity contribution in [1.82, 2.24) is 15.1 Å². The highest BCUT2D eigenvalue weighted by Gasteiger charge is 2.13. The fraction of sp³-hybridized carbons (Fsp3) is 0.500. The van der Waals surface area contributed by atoms with Crippen LogP contribution < -0.4 is 5.32 Å². The summed E-state index contributed by atoms with van der Waals surface area (Å²) in [6.07, 6.45) is 7.85. The normalized spacial score (nSPS) is 12.5. The second-order valence-electron chi connectivity index (χ2n) is 3.06. The quantitative estimate of drug-likeness (QED) is 0.698. The van der Waals surface area contributed by atoms with Crippen molar-refractivity contribution in [3.63, 3.8) is 0 Å². The van der Waals surface area contributed by atoms with E-state index in [1.54, 1.807) is 0 Å². The Balaban J connectivity index is 2.92. The summed E-state index contributed by atoms with van der Waals surface area (Å²) >= 11 is 0. The van der Waals surface area contributed by atoms with Gasteiger partial charge in [-0.3, -0.25) is 4.68 Å². The lowest BCUT2D eigenvalue weighted by atomic mass is 10.1. The Morgan fingerprint density at radius 2 is 2.46 bits per heavy atom. The molecule has 0 bridgehead atoms. The van der Waals surface area contributed by atoms with Crippen molar-refractivity contribution in [2.45, 2.75) is 19.4 Å². The van der Waals surface area contributed by atoms with E-state index in [2.05, 4.69) is 16.3 Å². The molecule has 0 aliphatic rings. The van der Waals surface area contributed by atoms with Gasteiger partial charge in [-0.2, -0.15) is 5.10 Å². The van der Waals surface area contributed by atoms with Gasteiger partial charge in [0.25, 0.3) is 0 Å². The molecule has 0 spiro atoms. The van der Waals surface area contributed by atoms with Gasteiger partial charge < -0.3 is 5.32 Å². The number of hydrogen-bond acceptors (Lipinski definition) is 2. The van der Waals surface area contributed by atoms with E-state index in [0.717, 1.165) is 5.69 Å². The second-order valence-corrected chi connectivity index (χ2v) is 3.06. The van der Waals surface area contributed by atoms with Crippen molar-refractivity contribution >= 4 is 0 Å². The molecular formula is C10H15N3. The third-order valence-corrected chi connectivity index (χ3v) is 2.32. The summed E-state index contributed by atoms with van der Waals surface area (Å²) < 4.78 is 1.86. The van der Waals surface area contributed by atoms with Crippen molar-refractivity contribution in [2.75, 3.05) is 7.05 Å². The number of rotatable bonds is 3. The van der Waals surface area contributed by atoms with Gasteiger partial charge >= 0.3 is 0 Å². The molecule has 1 unspecified atom stereocenters. The van der Waals surface area contributed by atoms with Crippen molar-refractivity contribution < 1.29 is 0 Å². The van der Waals surface area contributed by atoms with Crippen LogP contribution in [0.4, 0.5) is 0 Å². The molecule has 70 valence electrons. The minimum absolute atomic E-state index is 0.221. The van der Waals surface area contributed by atoms with Crippen LogP contribution in [-0.4, -0.2) is 16.8 Å². The van der Waals surface area contributed by atoms with Crippen LogP contribution >= 0.6 is 0 Å². The van der Waals surface area contributed by atoms with Gasteiger partial charge in [0.2, 0.25) is 0 Å². The maximum atomic E-state index is 5.28. The molecule has 0 saturated heterocycles. The Bertz CT molecular complexity index is 319. The number of terminal acetylenes is 1. The summed E-state index contributed by atoms with van der Waals surface area (Å²) in [5.74, 6) is 2.65. The Labute approximate surface area is 79.1 Å². The molecule has 0 saturated carbocycles. The third kappa shape index (κ3) is 1.90. The number of aromatic nitrogens is 2. The molecule has 1 N–H and O–H groups in total. The fourth-order valence-corrected chi connectivity index (χ4v) is 1.34. The van der Waals surface area contributed by atoms with Crippen LogP contribution in [0.5, 0.6) is 0 Å². The predicted molar refractivity (Wildman–Crippen MR) is 53.2 cm³/mol. The minimum atomic E-state index is 0.221. The fourth-order valence-electron chi connectivity index (χ4n) is 1.34. The van der Waals surface area contributed by atoms with Crippen molar-refractivity contribution in [3.8, 4) is 12.3 Å². The molecule has 3 nitrogen and oxygen atoms in total. The topological polar surface area (TPSA) is 29.9 Å². The van der Waals surface area contributed by atoms with E-state index in [9.17, 15) is 0 Å². The third-order valence-electron chi connectivity index (χ3n) is 2.32. The zero-order valence-corrected chi connectivity index (χ0v) is 8.33. The van der Waals surface area contributed by atoms with E-state index in [-0.39, 0.29) is 6.04 Å². The average molecular weight is 177 g/mol. The lowest BCUT2D eigenvalue weighted by Crippen LogP contribution is -2.16. The Morgan fingerprint density at radius 1 is 1.77 bits per heavy atom. The highest BCUT2D eigenvalue weighted by Crippen LogP contribution is 2.18. The molecule has 3 heteroatoms. The van der Waals surface area contributed by atoms with Gasteiger partial charge in [-0.25, -0.2) is 0 Å². The van der Waals surface area contributed by atoms with Gasteiger partial charge in [-0.15, -0.1) is 12.3 Å². The van der Waals surface area contributed by atoms with Crippen LogP contribution in [0.2, 0.25) is 0 Å². The maximum absolute atomic E-state index is 5.28. The smallest absolute Gasteiger partial charge is 0.0540 e. The summed E-state index contributed by atoms with van der Waals surface area (Å²) in [5, 5.41) is 7.35. The SMILES string of the molecule is C#CCC(NC)c1cnn(C)c1C. The van der Waals surface area contributed by atoms with E-state index in [0.29, 0.717) is 6.42 Å². The summed E-state index contributed by atoms with van der Waals surface area (Å²) in [6.45, 7) is 2.04. The first-order valence-corrected chi connectivity index (χ1v) is 4.30. The molecule has 0 aromatic carbocycles. The molecule has 1 aromatic heterocycles. The molecule has 0 aliphatic heterocycles. The number of hydrogen-bond donors (Lipinski definition) is 1. The number of nitrogens with zero attached hydrogens (tertiary/aromatic N) is 2. The first kappa shape index (κ1) is 9.82. The second kappa shape index (κ2) is 4.11. The molecule has 1 heterocycles. The van der Waals surface area contributed by atoms with Crippen molar-refractivity contribution in [1.29, 1.82) is 0 Å². The van der Waals surface area contributed by atoms with Crippen LogP contribution in [0.3, 0.4) is 0 Å². The Hall–Kier alpha value is -1.27. The van der Waals surface area contributed by atoms with Crippen molar-refractivity contribution in [2.24, 2.45) is 7.05 Å². The minimum Gasteiger partial charge on any atom is -0.312 e. The molecule has 0 amide bonds. The number of aryl methyl sites for hydroxylation is 1. The van der Waals surface area contributed by atoms with Crippen LogP contribution in [0, 0.1) is 19.3 Å². The summed E-state index contributed by atoms with van der Waals surface area (Å²) in [4.78, 5) is 0. The highest BCUT2D eigenvalue weighted by molar-refractivity contribution is 5.21. The van der Waals surface area contributed by atoms with E-state index < -0.39 is 0 Å². The lowest BCUT2D eigenvalue weighted by molar-refractivity contribution is 0.605. The summed E-state index contributed by atoms with van der Waals surface area (Å²) in [6, 6.07) is 0.221. The molecule has 1 atom stereocenters. The van der Waals surface area contributed by atoms with Gasteiger partial charge in [0.15, 0.2) is 0 Å². The van der Waals surface area contributed by atoms with Gasteiger partial charge in [0.05, 0.1) is 6.20 Å². The first-order valence-electron chi connectivity index (χ1n) is 4.30. The van der Waals surface area contributed by atoms with Crippen LogP contribution in [0.15, 0.2) is 6.20 Å². The first-order chi connectivity index (χ1) is 6.20. The van der Waals surface area contributed by atoms with E-state index in [1.807, 2.05) is 31.9 Å². The average Bonchev–Trinajstić information content (AvgIpc) is 2.45. The molecule has 0 radical (unpaired) electrons. The zero-order valence-electron chi connectivity index (χ0n) is 8.33. The molecule has 13 heavy (non-hydrogen) atoms. The highest BCUT2D eigenvalue weighted by atomic mass is 15.3. The molecule has 0 aliphatic carbocycles. The van der Waals surface area contributed by atoms with Gasteiger partial charge in [-0.05, 0) is 14.0 Å². The molecular weight excluding hydrogens is 162 g/mol. The van der Waals surface area contributed by atoms with Crippen LogP contribution in [0.1, 0.15) is 23.7 Å².